The lowest BCUT2D eigenvalue weighted by atomic mass is 10.0. The molecule has 2 aromatic rings. The number of methoxy groups -OCH3 is 1. The van der Waals surface area contributed by atoms with Crippen LogP contribution in [0, 0.1) is 0 Å². The quantitative estimate of drug-likeness (QED) is 0.816. The topological polar surface area (TPSA) is 51.6 Å². The summed E-state index contributed by atoms with van der Waals surface area (Å²) in [5, 5.41) is 0. The summed E-state index contributed by atoms with van der Waals surface area (Å²) in [6.45, 7) is 1.91. The molecule has 4 nitrogen and oxygen atoms in total. The van der Waals surface area contributed by atoms with E-state index in [4.69, 9.17) is 4.74 Å². The SMILES string of the molecule is CN=C(C)c1c(-c2cccc(OC)n2)cccc1S(C)=O. The maximum Gasteiger partial charge on any atom is 0.213 e. The van der Waals surface area contributed by atoms with E-state index in [9.17, 15) is 4.21 Å². The van der Waals surface area contributed by atoms with Crippen LogP contribution in [0.4, 0.5) is 0 Å². The predicted octanol–water partition coefficient (Wildman–Crippen LogP) is 2.93. The van der Waals surface area contributed by atoms with E-state index in [-0.39, 0.29) is 0 Å². The summed E-state index contributed by atoms with van der Waals surface area (Å²) in [4.78, 5) is 9.48. The zero-order chi connectivity index (χ0) is 15.4. The first-order valence-corrected chi connectivity index (χ1v) is 8.06. The van der Waals surface area contributed by atoms with E-state index in [0.717, 1.165) is 27.4 Å². The molecule has 21 heavy (non-hydrogen) atoms. The third-order valence-electron chi connectivity index (χ3n) is 3.24. The van der Waals surface area contributed by atoms with E-state index >= 15 is 0 Å². The highest BCUT2D eigenvalue weighted by Crippen LogP contribution is 2.28. The minimum atomic E-state index is -1.09. The van der Waals surface area contributed by atoms with Gasteiger partial charge in [-0.2, -0.15) is 0 Å². The van der Waals surface area contributed by atoms with Gasteiger partial charge in [0, 0.05) is 41.1 Å². The lowest BCUT2D eigenvalue weighted by Crippen LogP contribution is -2.05. The van der Waals surface area contributed by atoms with Gasteiger partial charge in [-0.15, -0.1) is 0 Å². The van der Waals surface area contributed by atoms with Crippen molar-refractivity contribution in [1.82, 2.24) is 4.98 Å². The predicted molar refractivity (Wildman–Crippen MR) is 86.7 cm³/mol. The van der Waals surface area contributed by atoms with E-state index in [0.29, 0.717) is 5.88 Å². The third kappa shape index (κ3) is 3.19. The summed E-state index contributed by atoms with van der Waals surface area (Å²) in [6, 6.07) is 11.3. The minimum absolute atomic E-state index is 0.549. The van der Waals surface area contributed by atoms with Crippen LogP contribution in [0.3, 0.4) is 0 Å². The zero-order valence-corrected chi connectivity index (χ0v) is 13.4. The highest BCUT2D eigenvalue weighted by atomic mass is 32.2. The minimum Gasteiger partial charge on any atom is -0.481 e. The molecule has 2 rings (SSSR count). The summed E-state index contributed by atoms with van der Waals surface area (Å²) in [5.74, 6) is 0.549. The summed E-state index contributed by atoms with van der Waals surface area (Å²) >= 11 is 0. The van der Waals surface area contributed by atoms with Gasteiger partial charge in [0.15, 0.2) is 0 Å². The van der Waals surface area contributed by atoms with E-state index < -0.39 is 10.8 Å². The Hall–Kier alpha value is -2.01. The smallest absolute Gasteiger partial charge is 0.213 e. The van der Waals surface area contributed by atoms with Crippen LogP contribution in [0.2, 0.25) is 0 Å². The molecule has 1 heterocycles. The Labute approximate surface area is 127 Å². The van der Waals surface area contributed by atoms with Crippen LogP contribution in [0.25, 0.3) is 11.3 Å². The summed E-state index contributed by atoms with van der Waals surface area (Å²) < 4.78 is 17.2. The second-order valence-electron chi connectivity index (χ2n) is 4.51. The molecule has 0 radical (unpaired) electrons. The van der Waals surface area contributed by atoms with Gasteiger partial charge in [0.2, 0.25) is 5.88 Å². The molecule has 0 aliphatic heterocycles. The van der Waals surface area contributed by atoms with Crippen LogP contribution < -0.4 is 4.74 Å². The number of benzene rings is 1. The van der Waals surface area contributed by atoms with Gasteiger partial charge in [-0.25, -0.2) is 4.98 Å². The zero-order valence-electron chi connectivity index (χ0n) is 12.6. The number of aliphatic imine (C=N–C) groups is 1. The number of aromatic nitrogens is 1. The Bertz CT molecular complexity index is 711. The molecule has 0 spiro atoms. The number of rotatable bonds is 4. The van der Waals surface area contributed by atoms with Crippen LogP contribution in [-0.4, -0.2) is 35.3 Å². The molecule has 1 atom stereocenters. The summed E-state index contributed by atoms with van der Waals surface area (Å²) in [6.07, 6.45) is 1.67. The molecule has 0 fully saturated rings. The second kappa shape index (κ2) is 6.63. The summed E-state index contributed by atoms with van der Waals surface area (Å²) in [5.41, 5.74) is 3.39. The van der Waals surface area contributed by atoms with Crippen LogP contribution in [0.15, 0.2) is 46.3 Å². The van der Waals surface area contributed by atoms with Crippen molar-refractivity contribution in [2.24, 2.45) is 4.99 Å². The van der Waals surface area contributed by atoms with Crippen LogP contribution >= 0.6 is 0 Å². The molecule has 0 N–H and O–H groups in total. The fourth-order valence-corrected chi connectivity index (χ4v) is 2.96. The van der Waals surface area contributed by atoms with Crippen LogP contribution in [0.5, 0.6) is 5.88 Å². The van der Waals surface area contributed by atoms with Crippen molar-refractivity contribution >= 4 is 16.5 Å². The highest BCUT2D eigenvalue weighted by molar-refractivity contribution is 7.84. The molecule has 0 saturated carbocycles. The molecule has 0 aliphatic carbocycles. The maximum absolute atomic E-state index is 12.0. The molecular weight excluding hydrogens is 284 g/mol. The van der Waals surface area contributed by atoms with Gasteiger partial charge in [0.25, 0.3) is 0 Å². The average Bonchev–Trinajstić information content (AvgIpc) is 2.53. The molecule has 0 amide bonds. The standard InChI is InChI=1S/C16H18N2O2S/c1-11(17-2)16-12(7-5-9-14(16)21(4)19)13-8-6-10-15(18-13)20-3/h5-10H,1-4H3. The van der Waals surface area contributed by atoms with Gasteiger partial charge in [-0.1, -0.05) is 18.2 Å². The first kappa shape index (κ1) is 15.4. The van der Waals surface area contributed by atoms with Crippen LogP contribution in [-0.2, 0) is 10.8 Å². The van der Waals surface area contributed by atoms with Crippen molar-refractivity contribution in [3.8, 4) is 17.1 Å². The molecule has 0 saturated heterocycles. The van der Waals surface area contributed by atoms with Crippen LogP contribution in [0.1, 0.15) is 12.5 Å². The molecule has 1 unspecified atom stereocenters. The van der Waals surface area contributed by atoms with E-state index in [1.54, 1.807) is 26.5 Å². The van der Waals surface area contributed by atoms with Crippen molar-refractivity contribution in [3.05, 3.63) is 42.0 Å². The van der Waals surface area contributed by atoms with Gasteiger partial charge >= 0.3 is 0 Å². The van der Waals surface area contributed by atoms with Gasteiger partial charge in [0.05, 0.1) is 23.6 Å². The fourth-order valence-electron chi connectivity index (χ4n) is 2.15. The highest BCUT2D eigenvalue weighted by Gasteiger charge is 2.16. The molecule has 0 bridgehead atoms. The average molecular weight is 302 g/mol. The number of ether oxygens (including phenoxy) is 1. The van der Waals surface area contributed by atoms with E-state index in [1.807, 2.05) is 37.3 Å². The Balaban J connectivity index is 2.73. The number of hydrogen-bond acceptors (Lipinski definition) is 4. The van der Waals surface area contributed by atoms with Crippen molar-refractivity contribution in [2.45, 2.75) is 11.8 Å². The van der Waals surface area contributed by atoms with Crippen molar-refractivity contribution in [1.29, 1.82) is 0 Å². The Morgan fingerprint density at radius 2 is 1.95 bits per heavy atom. The van der Waals surface area contributed by atoms with Crippen molar-refractivity contribution < 1.29 is 8.95 Å². The van der Waals surface area contributed by atoms with Gasteiger partial charge < -0.3 is 4.74 Å². The number of hydrogen-bond donors (Lipinski definition) is 0. The Kier molecular flexibility index (Phi) is 4.85. The van der Waals surface area contributed by atoms with Gasteiger partial charge in [-0.05, 0) is 19.1 Å². The van der Waals surface area contributed by atoms with Gasteiger partial charge in [-0.3, -0.25) is 9.20 Å². The third-order valence-corrected chi connectivity index (χ3v) is 4.20. The molecule has 1 aromatic heterocycles. The maximum atomic E-state index is 12.0. The first-order valence-electron chi connectivity index (χ1n) is 6.50. The van der Waals surface area contributed by atoms with E-state index in [2.05, 4.69) is 9.98 Å². The second-order valence-corrected chi connectivity index (χ2v) is 5.86. The Morgan fingerprint density at radius 3 is 2.57 bits per heavy atom. The molecule has 5 heteroatoms. The van der Waals surface area contributed by atoms with Crippen molar-refractivity contribution in [2.75, 3.05) is 20.4 Å². The van der Waals surface area contributed by atoms with Crippen molar-refractivity contribution in [3.63, 3.8) is 0 Å². The molecular formula is C16H18N2O2S. The molecule has 0 aliphatic rings. The Morgan fingerprint density at radius 1 is 1.24 bits per heavy atom. The summed E-state index contributed by atoms with van der Waals surface area (Å²) in [7, 11) is 2.22. The fraction of sp³-hybridized carbons (Fsp3) is 0.250. The van der Waals surface area contributed by atoms with Gasteiger partial charge in [0.1, 0.15) is 0 Å². The van der Waals surface area contributed by atoms with E-state index in [1.165, 1.54) is 0 Å². The monoisotopic (exact) mass is 302 g/mol. The first-order chi connectivity index (χ1) is 10.1. The molecule has 1 aromatic carbocycles. The number of nitrogens with zero attached hydrogens (tertiary/aromatic N) is 2. The lowest BCUT2D eigenvalue weighted by molar-refractivity contribution is 0.398. The number of pyridine rings is 1. The normalized spacial score (nSPS) is 13.0. The molecule has 110 valence electrons. The lowest BCUT2D eigenvalue weighted by Gasteiger charge is -2.13. The largest absolute Gasteiger partial charge is 0.481 e.